The predicted molar refractivity (Wildman–Crippen MR) is 60.5 cm³/mol. The Bertz CT molecular complexity index is 319. The van der Waals surface area contributed by atoms with Crippen molar-refractivity contribution in [2.45, 2.75) is 13.0 Å². The van der Waals surface area contributed by atoms with Gasteiger partial charge >= 0.3 is 0 Å². The Labute approximate surface area is 89.0 Å². The van der Waals surface area contributed by atoms with Gasteiger partial charge in [0.2, 0.25) is 0 Å². The molecule has 1 rings (SSSR count). The highest BCUT2D eigenvalue weighted by Crippen LogP contribution is 2.15. The van der Waals surface area contributed by atoms with Gasteiger partial charge in [-0.05, 0) is 24.6 Å². The molecule has 1 aromatic carbocycles. The topological polar surface area (TPSA) is 50.4 Å². The molecule has 1 aromatic rings. The van der Waals surface area contributed by atoms with Crippen LogP contribution in [0.4, 0.5) is 0 Å². The molecule has 0 radical (unpaired) electrons. The smallest absolute Gasteiger partial charge is 0.188 e. The van der Waals surface area contributed by atoms with Crippen molar-refractivity contribution >= 4 is 17.6 Å². The highest BCUT2D eigenvalue weighted by Gasteiger charge is 2.04. The number of nitrogens with two attached hydrogens (primary N) is 1. The Balaban J connectivity index is 2.70. The van der Waals surface area contributed by atoms with Crippen LogP contribution < -0.4 is 11.1 Å². The second kappa shape index (κ2) is 4.86. The molecular formula is C10H14ClN3. The molecule has 0 aromatic heterocycles. The summed E-state index contributed by atoms with van der Waals surface area (Å²) in [6.07, 6.45) is 0. The molecule has 0 fully saturated rings. The molecule has 0 bridgehead atoms. The van der Waals surface area contributed by atoms with E-state index in [1.165, 1.54) is 0 Å². The number of halogens is 1. The van der Waals surface area contributed by atoms with Gasteiger partial charge < -0.3 is 11.1 Å². The molecule has 76 valence electrons. The van der Waals surface area contributed by atoms with Crippen molar-refractivity contribution in [3.05, 3.63) is 34.9 Å². The molecule has 0 unspecified atom stereocenters. The van der Waals surface area contributed by atoms with Crippen molar-refractivity contribution in [2.75, 3.05) is 7.05 Å². The lowest BCUT2D eigenvalue weighted by Crippen LogP contribution is -2.33. The third kappa shape index (κ3) is 2.92. The van der Waals surface area contributed by atoms with E-state index in [-0.39, 0.29) is 6.04 Å². The van der Waals surface area contributed by atoms with Crippen LogP contribution in [-0.2, 0) is 0 Å². The first-order valence-corrected chi connectivity index (χ1v) is 4.75. The first-order valence-electron chi connectivity index (χ1n) is 4.37. The minimum atomic E-state index is 0.135. The summed E-state index contributed by atoms with van der Waals surface area (Å²) in [5.41, 5.74) is 6.68. The maximum atomic E-state index is 5.78. The van der Waals surface area contributed by atoms with Crippen LogP contribution in [0.25, 0.3) is 0 Å². The van der Waals surface area contributed by atoms with Crippen LogP contribution in [0.15, 0.2) is 29.3 Å². The first kappa shape index (κ1) is 10.9. The SMILES string of the molecule is CN=C(N)N[C@@H](C)c1ccc(Cl)cc1. The standard InChI is InChI=1S/C10H14ClN3/c1-7(14-10(12)13-2)8-3-5-9(11)6-4-8/h3-7H,1-2H3,(H3,12,13,14)/t7-/m0/s1. The quantitative estimate of drug-likeness (QED) is 0.580. The van der Waals surface area contributed by atoms with E-state index in [1.807, 2.05) is 31.2 Å². The predicted octanol–water partition coefficient (Wildman–Crippen LogP) is 1.94. The fourth-order valence-corrected chi connectivity index (χ4v) is 1.25. The van der Waals surface area contributed by atoms with Crippen LogP contribution in [0.5, 0.6) is 0 Å². The van der Waals surface area contributed by atoms with Crippen LogP contribution in [0.1, 0.15) is 18.5 Å². The molecule has 4 heteroatoms. The van der Waals surface area contributed by atoms with E-state index in [2.05, 4.69) is 10.3 Å². The number of benzene rings is 1. The molecular weight excluding hydrogens is 198 g/mol. The average Bonchev–Trinajstić information content (AvgIpc) is 2.18. The lowest BCUT2D eigenvalue weighted by Gasteiger charge is -2.14. The molecule has 0 spiro atoms. The summed E-state index contributed by atoms with van der Waals surface area (Å²) in [5.74, 6) is 0.437. The second-order valence-corrected chi connectivity index (χ2v) is 3.46. The van der Waals surface area contributed by atoms with Gasteiger partial charge in [-0.1, -0.05) is 23.7 Å². The normalized spacial score (nSPS) is 13.8. The summed E-state index contributed by atoms with van der Waals surface area (Å²) in [5, 5.41) is 3.78. The Morgan fingerprint density at radius 3 is 2.50 bits per heavy atom. The highest BCUT2D eigenvalue weighted by atomic mass is 35.5. The lowest BCUT2D eigenvalue weighted by atomic mass is 10.1. The van der Waals surface area contributed by atoms with Gasteiger partial charge in [-0.2, -0.15) is 0 Å². The van der Waals surface area contributed by atoms with Crippen LogP contribution >= 0.6 is 11.6 Å². The average molecular weight is 212 g/mol. The van der Waals surface area contributed by atoms with Gasteiger partial charge in [0.05, 0.1) is 6.04 Å². The van der Waals surface area contributed by atoms with Crippen molar-refractivity contribution < 1.29 is 0 Å². The number of aliphatic imine (C=N–C) groups is 1. The minimum Gasteiger partial charge on any atom is -0.370 e. The van der Waals surface area contributed by atoms with Gasteiger partial charge in [-0.3, -0.25) is 4.99 Å². The Hall–Kier alpha value is -1.22. The van der Waals surface area contributed by atoms with Gasteiger partial charge in [0.1, 0.15) is 0 Å². The largest absolute Gasteiger partial charge is 0.370 e. The van der Waals surface area contributed by atoms with Crippen LogP contribution in [0.3, 0.4) is 0 Å². The summed E-state index contributed by atoms with van der Waals surface area (Å²) >= 11 is 5.78. The first-order chi connectivity index (χ1) is 6.63. The van der Waals surface area contributed by atoms with Crippen molar-refractivity contribution in [1.29, 1.82) is 0 Å². The fourth-order valence-electron chi connectivity index (χ4n) is 1.12. The number of rotatable bonds is 2. The number of nitrogens with one attached hydrogen (secondary N) is 1. The van der Waals surface area contributed by atoms with Crippen molar-refractivity contribution in [3.8, 4) is 0 Å². The third-order valence-corrected chi connectivity index (χ3v) is 2.23. The number of hydrogen-bond donors (Lipinski definition) is 2. The van der Waals surface area contributed by atoms with Gasteiger partial charge in [0, 0.05) is 12.1 Å². The van der Waals surface area contributed by atoms with E-state index in [0.29, 0.717) is 5.96 Å². The van der Waals surface area contributed by atoms with Crippen LogP contribution in [0.2, 0.25) is 5.02 Å². The molecule has 0 heterocycles. The van der Waals surface area contributed by atoms with Crippen LogP contribution in [-0.4, -0.2) is 13.0 Å². The molecule has 0 aliphatic heterocycles. The monoisotopic (exact) mass is 211 g/mol. The zero-order valence-electron chi connectivity index (χ0n) is 8.29. The molecule has 1 atom stereocenters. The maximum Gasteiger partial charge on any atom is 0.188 e. The van der Waals surface area contributed by atoms with Gasteiger partial charge in [0.25, 0.3) is 0 Å². The summed E-state index contributed by atoms with van der Waals surface area (Å²) in [6.45, 7) is 2.02. The molecule has 0 amide bonds. The van der Waals surface area contributed by atoms with Gasteiger partial charge in [-0.15, -0.1) is 0 Å². The van der Waals surface area contributed by atoms with E-state index in [1.54, 1.807) is 7.05 Å². The van der Waals surface area contributed by atoms with E-state index < -0.39 is 0 Å². The van der Waals surface area contributed by atoms with Crippen molar-refractivity contribution in [1.82, 2.24) is 5.32 Å². The zero-order valence-corrected chi connectivity index (χ0v) is 9.05. The molecule has 14 heavy (non-hydrogen) atoms. The summed E-state index contributed by atoms with van der Waals surface area (Å²) in [7, 11) is 1.65. The van der Waals surface area contributed by atoms with E-state index >= 15 is 0 Å². The Kier molecular flexibility index (Phi) is 3.77. The Morgan fingerprint density at radius 2 is 2.00 bits per heavy atom. The fraction of sp³-hybridized carbons (Fsp3) is 0.300. The highest BCUT2D eigenvalue weighted by molar-refractivity contribution is 6.30. The molecule has 3 nitrogen and oxygen atoms in total. The number of guanidine groups is 1. The zero-order chi connectivity index (χ0) is 10.6. The summed E-state index contributed by atoms with van der Waals surface area (Å²) in [4.78, 5) is 3.83. The third-order valence-electron chi connectivity index (χ3n) is 1.98. The van der Waals surface area contributed by atoms with Gasteiger partial charge in [-0.25, -0.2) is 0 Å². The van der Waals surface area contributed by atoms with E-state index in [0.717, 1.165) is 10.6 Å². The van der Waals surface area contributed by atoms with E-state index in [4.69, 9.17) is 17.3 Å². The van der Waals surface area contributed by atoms with Crippen molar-refractivity contribution in [3.63, 3.8) is 0 Å². The van der Waals surface area contributed by atoms with Gasteiger partial charge in [0.15, 0.2) is 5.96 Å². The number of nitrogens with zero attached hydrogens (tertiary/aromatic N) is 1. The summed E-state index contributed by atoms with van der Waals surface area (Å²) < 4.78 is 0. The van der Waals surface area contributed by atoms with Crippen molar-refractivity contribution in [2.24, 2.45) is 10.7 Å². The summed E-state index contributed by atoms with van der Waals surface area (Å²) in [6, 6.07) is 7.77. The number of hydrogen-bond acceptors (Lipinski definition) is 1. The molecule has 0 aliphatic carbocycles. The van der Waals surface area contributed by atoms with Crippen LogP contribution in [0, 0.1) is 0 Å². The Morgan fingerprint density at radius 1 is 1.43 bits per heavy atom. The molecule has 0 aliphatic rings. The molecule has 3 N–H and O–H groups in total. The second-order valence-electron chi connectivity index (χ2n) is 3.03. The molecule has 0 saturated heterocycles. The lowest BCUT2D eigenvalue weighted by molar-refractivity contribution is 0.711. The minimum absolute atomic E-state index is 0.135. The maximum absolute atomic E-state index is 5.78. The van der Waals surface area contributed by atoms with E-state index in [9.17, 15) is 0 Å². The molecule has 0 saturated carbocycles.